The number of carbonyl (C=O) groups excluding carboxylic acids is 1. The van der Waals surface area contributed by atoms with Crippen LogP contribution in [0.25, 0.3) is 11.3 Å². The van der Waals surface area contributed by atoms with Crippen molar-refractivity contribution in [3.63, 3.8) is 0 Å². The number of nitrogens with zero attached hydrogens (tertiary/aromatic N) is 2. The lowest BCUT2D eigenvalue weighted by Gasteiger charge is -2.09. The number of hydrogen-bond acceptors (Lipinski definition) is 5. The third-order valence-corrected chi connectivity index (χ3v) is 3.79. The fourth-order valence-corrected chi connectivity index (χ4v) is 2.71. The Labute approximate surface area is 140 Å². The summed E-state index contributed by atoms with van der Waals surface area (Å²) in [5.41, 5.74) is 1.49. The number of anilines is 1. The van der Waals surface area contributed by atoms with Crippen molar-refractivity contribution in [1.29, 1.82) is 0 Å². The van der Waals surface area contributed by atoms with E-state index < -0.39 is 12.5 Å². The number of para-hydroxylation sites is 1. The second kappa shape index (κ2) is 7.14. The Balaban J connectivity index is 1.78. The summed E-state index contributed by atoms with van der Waals surface area (Å²) in [6, 6.07) is 9.42. The van der Waals surface area contributed by atoms with Gasteiger partial charge in [0.2, 0.25) is 0 Å². The van der Waals surface area contributed by atoms with Crippen LogP contribution in [0, 0.1) is 0 Å². The normalized spacial score (nSPS) is 10.6. The van der Waals surface area contributed by atoms with Crippen LogP contribution in [0.4, 0.5) is 13.9 Å². The molecule has 3 rings (SSSR count). The molecular formula is C16H11F2N3O2S. The van der Waals surface area contributed by atoms with E-state index in [1.807, 2.05) is 6.07 Å². The SMILES string of the molecule is O=C(Nc1nc(-c2cccnc2)cs1)c1ccccc1OC(F)F. The molecule has 0 aliphatic carbocycles. The Morgan fingerprint density at radius 1 is 1.21 bits per heavy atom. The molecular weight excluding hydrogens is 336 g/mol. The molecule has 0 aliphatic rings. The third kappa shape index (κ3) is 3.72. The van der Waals surface area contributed by atoms with Gasteiger partial charge in [0.15, 0.2) is 5.13 Å². The number of nitrogens with one attached hydrogen (secondary N) is 1. The second-order valence-electron chi connectivity index (χ2n) is 4.61. The number of halogens is 2. The van der Waals surface area contributed by atoms with Crippen molar-refractivity contribution in [2.45, 2.75) is 6.61 Å². The van der Waals surface area contributed by atoms with Crippen LogP contribution in [0.5, 0.6) is 5.75 Å². The van der Waals surface area contributed by atoms with Crippen LogP contribution in [-0.4, -0.2) is 22.5 Å². The highest BCUT2D eigenvalue weighted by Gasteiger charge is 2.16. The first-order valence-electron chi connectivity index (χ1n) is 6.84. The number of alkyl halides is 2. The average molecular weight is 347 g/mol. The van der Waals surface area contributed by atoms with E-state index in [1.165, 1.54) is 29.5 Å². The van der Waals surface area contributed by atoms with Crippen molar-refractivity contribution in [3.8, 4) is 17.0 Å². The van der Waals surface area contributed by atoms with Crippen LogP contribution in [0.15, 0.2) is 54.2 Å². The van der Waals surface area contributed by atoms with Crippen molar-refractivity contribution >= 4 is 22.4 Å². The molecule has 24 heavy (non-hydrogen) atoms. The largest absolute Gasteiger partial charge is 0.434 e. The quantitative estimate of drug-likeness (QED) is 0.756. The van der Waals surface area contributed by atoms with E-state index in [1.54, 1.807) is 29.9 Å². The molecule has 122 valence electrons. The van der Waals surface area contributed by atoms with Gasteiger partial charge in [0.1, 0.15) is 5.75 Å². The molecule has 2 heterocycles. The maximum Gasteiger partial charge on any atom is 0.387 e. The highest BCUT2D eigenvalue weighted by atomic mass is 32.1. The smallest absolute Gasteiger partial charge is 0.387 e. The molecule has 0 aliphatic heterocycles. The summed E-state index contributed by atoms with van der Waals surface area (Å²) in [7, 11) is 0. The highest BCUT2D eigenvalue weighted by Crippen LogP contribution is 2.26. The molecule has 0 saturated carbocycles. The topological polar surface area (TPSA) is 64.1 Å². The average Bonchev–Trinajstić information content (AvgIpc) is 3.04. The first-order chi connectivity index (χ1) is 11.6. The summed E-state index contributed by atoms with van der Waals surface area (Å²) in [6.07, 6.45) is 3.31. The van der Waals surface area contributed by atoms with E-state index in [9.17, 15) is 13.6 Å². The predicted octanol–water partition coefficient (Wildman–Crippen LogP) is 4.06. The summed E-state index contributed by atoms with van der Waals surface area (Å²) in [5.74, 6) is -0.757. The standard InChI is InChI=1S/C16H11F2N3O2S/c17-15(18)23-13-6-2-1-5-11(13)14(22)21-16-20-12(9-24-16)10-4-3-7-19-8-10/h1-9,15H,(H,20,21,22). The van der Waals surface area contributed by atoms with Gasteiger partial charge in [-0.25, -0.2) is 4.98 Å². The lowest BCUT2D eigenvalue weighted by Crippen LogP contribution is -2.14. The number of rotatable bonds is 5. The molecule has 0 bridgehead atoms. The molecule has 1 aromatic carbocycles. The molecule has 0 radical (unpaired) electrons. The van der Waals surface area contributed by atoms with E-state index in [0.29, 0.717) is 10.8 Å². The molecule has 1 N–H and O–H groups in total. The number of amides is 1. The van der Waals surface area contributed by atoms with Gasteiger partial charge >= 0.3 is 6.61 Å². The maximum atomic E-state index is 12.4. The number of pyridine rings is 1. The second-order valence-corrected chi connectivity index (χ2v) is 5.47. The minimum absolute atomic E-state index is 0.0101. The number of carbonyl (C=O) groups is 1. The molecule has 5 nitrogen and oxygen atoms in total. The zero-order valence-corrected chi connectivity index (χ0v) is 13.0. The van der Waals surface area contributed by atoms with Crippen molar-refractivity contribution in [3.05, 3.63) is 59.7 Å². The van der Waals surface area contributed by atoms with E-state index in [2.05, 4.69) is 20.0 Å². The zero-order chi connectivity index (χ0) is 16.9. The number of hydrogen-bond donors (Lipinski definition) is 1. The lowest BCUT2D eigenvalue weighted by atomic mass is 10.2. The monoisotopic (exact) mass is 347 g/mol. The molecule has 0 spiro atoms. The van der Waals surface area contributed by atoms with Gasteiger partial charge in [-0.15, -0.1) is 11.3 Å². The Kier molecular flexibility index (Phi) is 4.76. The predicted molar refractivity (Wildman–Crippen MR) is 86.4 cm³/mol. The van der Waals surface area contributed by atoms with Crippen LogP contribution >= 0.6 is 11.3 Å². The van der Waals surface area contributed by atoms with E-state index in [-0.39, 0.29) is 11.3 Å². The van der Waals surface area contributed by atoms with Gasteiger partial charge in [0.25, 0.3) is 5.91 Å². The summed E-state index contributed by atoms with van der Waals surface area (Å²) in [4.78, 5) is 20.6. The summed E-state index contributed by atoms with van der Waals surface area (Å²) in [5, 5.41) is 4.71. The van der Waals surface area contributed by atoms with Crippen LogP contribution in [0.1, 0.15) is 10.4 Å². The van der Waals surface area contributed by atoms with Gasteiger partial charge in [-0.3, -0.25) is 15.1 Å². The summed E-state index contributed by atoms with van der Waals surface area (Å²) in [6.45, 7) is -3.00. The van der Waals surface area contributed by atoms with Crippen LogP contribution in [0.2, 0.25) is 0 Å². The van der Waals surface area contributed by atoms with Gasteiger partial charge < -0.3 is 4.74 Å². The summed E-state index contributed by atoms with van der Waals surface area (Å²) < 4.78 is 29.2. The third-order valence-electron chi connectivity index (χ3n) is 3.03. The first kappa shape index (κ1) is 16.0. The zero-order valence-electron chi connectivity index (χ0n) is 12.1. The molecule has 0 saturated heterocycles. The number of ether oxygens (including phenoxy) is 1. The van der Waals surface area contributed by atoms with Gasteiger partial charge in [0.05, 0.1) is 11.3 Å². The number of thiazole rings is 1. The van der Waals surface area contributed by atoms with E-state index in [0.717, 1.165) is 5.56 Å². The Morgan fingerprint density at radius 3 is 2.79 bits per heavy atom. The van der Waals surface area contributed by atoms with Gasteiger partial charge in [-0.05, 0) is 24.3 Å². The van der Waals surface area contributed by atoms with Crippen molar-refractivity contribution in [1.82, 2.24) is 9.97 Å². The Hall–Kier alpha value is -2.87. The number of aromatic nitrogens is 2. The molecule has 8 heteroatoms. The van der Waals surface area contributed by atoms with Crippen molar-refractivity contribution < 1.29 is 18.3 Å². The molecule has 0 unspecified atom stereocenters. The minimum Gasteiger partial charge on any atom is -0.434 e. The fraction of sp³-hybridized carbons (Fsp3) is 0.0625. The number of benzene rings is 1. The fourth-order valence-electron chi connectivity index (χ4n) is 2.00. The van der Waals surface area contributed by atoms with Crippen LogP contribution in [-0.2, 0) is 0 Å². The van der Waals surface area contributed by atoms with Gasteiger partial charge in [-0.2, -0.15) is 8.78 Å². The minimum atomic E-state index is -3.00. The Morgan fingerprint density at radius 2 is 2.04 bits per heavy atom. The van der Waals surface area contributed by atoms with Crippen LogP contribution in [0.3, 0.4) is 0 Å². The molecule has 3 aromatic rings. The Bertz CT molecular complexity index is 840. The molecule has 0 fully saturated rings. The molecule has 0 atom stereocenters. The highest BCUT2D eigenvalue weighted by molar-refractivity contribution is 7.14. The van der Waals surface area contributed by atoms with Crippen molar-refractivity contribution in [2.75, 3.05) is 5.32 Å². The lowest BCUT2D eigenvalue weighted by molar-refractivity contribution is -0.0501. The van der Waals surface area contributed by atoms with E-state index >= 15 is 0 Å². The maximum absolute atomic E-state index is 12.4. The molecule has 2 aromatic heterocycles. The summed E-state index contributed by atoms with van der Waals surface area (Å²) >= 11 is 1.23. The van der Waals surface area contributed by atoms with E-state index in [4.69, 9.17) is 0 Å². The van der Waals surface area contributed by atoms with Crippen molar-refractivity contribution in [2.24, 2.45) is 0 Å². The molecule has 1 amide bonds. The van der Waals surface area contributed by atoms with Gasteiger partial charge in [0, 0.05) is 23.3 Å². The first-order valence-corrected chi connectivity index (χ1v) is 7.72. The van der Waals surface area contributed by atoms with Gasteiger partial charge in [-0.1, -0.05) is 12.1 Å². The van der Waals surface area contributed by atoms with Crippen LogP contribution < -0.4 is 10.1 Å².